The maximum Gasteiger partial charge on any atom is 0.573 e. The van der Waals surface area contributed by atoms with Gasteiger partial charge in [-0.05, 0) is 31.2 Å². The summed E-state index contributed by atoms with van der Waals surface area (Å²) in [6.07, 6.45) is -4.70. The zero-order valence-electron chi connectivity index (χ0n) is 8.25. The predicted octanol–water partition coefficient (Wildman–Crippen LogP) is 2.61. The van der Waals surface area contributed by atoms with E-state index in [1.54, 1.807) is 5.48 Å². The third-order valence-corrected chi connectivity index (χ3v) is 1.53. The Labute approximate surface area is 89.3 Å². The molecule has 0 atom stereocenters. The highest BCUT2D eigenvalue weighted by Gasteiger charge is 2.30. The number of halogens is 3. The summed E-state index contributed by atoms with van der Waals surface area (Å²) >= 11 is 0. The average molecular weight is 234 g/mol. The second-order valence-corrected chi connectivity index (χ2v) is 2.85. The molecule has 0 fully saturated rings. The Balaban J connectivity index is 2.76. The van der Waals surface area contributed by atoms with Gasteiger partial charge in [0.2, 0.25) is 0 Å². The molecule has 88 valence electrons. The number of hydroxylamine groups is 1. The molecule has 0 radical (unpaired) electrons. The van der Waals surface area contributed by atoms with Gasteiger partial charge in [-0.2, -0.15) is 0 Å². The summed E-state index contributed by atoms with van der Waals surface area (Å²) in [5.41, 5.74) is 2.20. The Morgan fingerprint density at radius 3 is 2.31 bits per heavy atom. The average Bonchev–Trinajstić information content (AvgIpc) is 2.18. The fraction of sp³-hybridized carbons (Fsp3) is 0.222. The molecule has 0 aliphatic carbocycles. The molecule has 2 N–H and O–H groups in total. The van der Waals surface area contributed by atoms with Gasteiger partial charge in [-0.1, -0.05) is 0 Å². The molecular weight excluding hydrogens is 225 g/mol. The molecule has 0 bridgehead atoms. The third-order valence-electron chi connectivity index (χ3n) is 1.53. The van der Waals surface area contributed by atoms with Gasteiger partial charge in [-0.15, -0.1) is 13.2 Å². The van der Waals surface area contributed by atoms with Crippen molar-refractivity contribution in [2.75, 3.05) is 0 Å². The van der Waals surface area contributed by atoms with E-state index in [2.05, 4.69) is 9.73 Å². The lowest BCUT2D eigenvalue weighted by Gasteiger charge is -2.08. The molecule has 0 unspecified atom stereocenters. The van der Waals surface area contributed by atoms with Crippen molar-refractivity contribution in [2.24, 2.45) is 4.99 Å². The van der Waals surface area contributed by atoms with Crippen molar-refractivity contribution in [3.05, 3.63) is 24.3 Å². The minimum Gasteiger partial charge on any atom is -0.406 e. The van der Waals surface area contributed by atoms with Gasteiger partial charge in [0, 0.05) is 0 Å². The third kappa shape index (κ3) is 4.18. The van der Waals surface area contributed by atoms with E-state index in [0.717, 1.165) is 12.1 Å². The second kappa shape index (κ2) is 4.84. The van der Waals surface area contributed by atoms with E-state index < -0.39 is 6.36 Å². The summed E-state index contributed by atoms with van der Waals surface area (Å²) in [4.78, 5) is 3.83. The first-order valence-electron chi connectivity index (χ1n) is 4.22. The number of aliphatic imine (C=N–C) groups is 1. The SMILES string of the molecule is CC(=Nc1ccc(OC(F)(F)F)cc1)NO. The normalized spacial score (nSPS) is 12.4. The Hall–Kier alpha value is -1.76. The van der Waals surface area contributed by atoms with Gasteiger partial charge in [-0.25, -0.2) is 4.99 Å². The summed E-state index contributed by atoms with van der Waals surface area (Å²) in [6, 6.07) is 4.94. The number of rotatable bonds is 2. The molecule has 0 aliphatic rings. The summed E-state index contributed by atoms with van der Waals surface area (Å²) in [7, 11) is 0. The number of hydrogen-bond acceptors (Lipinski definition) is 3. The van der Waals surface area contributed by atoms with Crippen molar-refractivity contribution < 1.29 is 23.1 Å². The van der Waals surface area contributed by atoms with Crippen molar-refractivity contribution in [1.29, 1.82) is 0 Å². The second-order valence-electron chi connectivity index (χ2n) is 2.85. The van der Waals surface area contributed by atoms with Gasteiger partial charge in [-0.3, -0.25) is 10.7 Å². The highest BCUT2D eigenvalue weighted by Crippen LogP contribution is 2.24. The lowest BCUT2D eigenvalue weighted by molar-refractivity contribution is -0.274. The maximum atomic E-state index is 11.8. The smallest absolute Gasteiger partial charge is 0.406 e. The topological polar surface area (TPSA) is 53.8 Å². The number of alkyl halides is 3. The van der Waals surface area contributed by atoms with Crippen molar-refractivity contribution in [3.63, 3.8) is 0 Å². The van der Waals surface area contributed by atoms with Crippen LogP contribution in [0.1, 0.15) is 6.92 Å². The molecule has 0 aliphatic heterocycles. The summed E-state index contributed by atoms with van der Waals surface area (Å²) in [5, 5.41) is 8.45. The van der Waals surface area contributed by atoms with Crippen LogP contribution in [0.4, 0.5) is 18.9 Å². The Morgan fingerprint density at radius 2 is 1.88 bits per heavy atom. The van der Waals surface area contributed by atoms with Crippen LogP contribution in [0.3, 0.4) is 0 Å². The van der Waals surface area contributed by atoms with Gasteiger partial charge in [0.05, 0.1) is 5.69 Å². The Morgan fingerprint density at radius 1 is 1.31 bits per heavy atom. The maximum absolute atomic E-state index is 11.8. The van der Waals surface area contributed by atoms with Gasteiger partial charge in [0.1, 0.15) is 11.6 Å². The van der Waals surface area contributed by atoms with Crippen LogP contribution in [0.15, 0.2) is 29.3 Å². The molecule has 7 heteroatoms. The van der Waals surface area contributed by atoms with Gasteiger partial charge in [0.15, 0.2) is 0 Å². The first-order chi connectivity index (χ1) is 7.40. The van der Waals surface area contributed by atoms with Gasteiger partial charge >= 0.3 is 6.36 Å². The van der Waals surface area contributed by atoms with Crippen LogP contribution in [-0.2, 0) is 0 Å². The van der Waals surface area contributed by atoms with Crippen LogP contribution in [0.25, 0.3) is 0 Å². The van der Waals surface area contributed by atoms with E-state index in [0.29, 0.717) is 5.69 Å². The zero-order valence-corrected chi connectivity index (χ0v) is 8.25. The Bertz CT molecular complexity index is 373. The predicted molar refractivity (Wildman–Crippen MR) is 50.8 cm³/mol. The van der Waals surface area contributed by atoms with E-state index in [-0.39, 0.29) is 11.6 Å². The van der Waals surface area contributed by atoms with Crippen LogP contribution in [-0.4, -0.2) is 17.4 Å². The lowest BCUT2D eigenvalue weighted by atomic mass is 10.3. The number of hydrogen-bond donors (Lipinski definition) is 2. The van der Waals surface area contributed by atoms with E-state index in [1.807, 2.05) is 0 Å². The van der Waals surface area contributed by atoms with Crippen LogP contribution >= 0.6 is 0 Å². The summed E-state index contributed by atoms with van der Waals surface area (Å²) in [6.45, 7) is 1.50. The van der Waals surface area contributed by atoms with E-state index >= 15 is 0 Å². The van der Waals surface area contributed by atoms with E-state index in [1.165, 1.54) is 19.1 Å². The van der Waals surface area contributed by atoms with Crippen LogP contribution in [0.5, 0.6) is 5.75 Å². The number of ether oxygens (including phenoxy) is 1. The molecule has 4 nitrogen and oxygen atoms in total. The fourth-order valence-electron chi connectivity index (χ4n) is 0.941. The lowest BCUT2D eigenvalue weighted by Crippen LogP contribution is -2.17. The molecule has 1 aromatic rings. The first kappa shape index (κ1) is 12.3. The molecule has 0 spiro atoms. The highest BCUT2D eigenvalue weighted by atomic mass is 19.4. The van der Waals surface area contributed by atoms with Crippen molar-refractivity contribution in [2.45, 2.75) is 13.3 Å². The number of benzene rings is 1. The number of nitrogens with one attached hydrogen (secondary N) is 1. The Kier molecular flexibility index (Phi) is 3.73. The fourth-order valence-corrected chi connectivity index (χ4v) is 0.941. The summed E-state index contributed by atoms with van der Waals surface area (Å²) < 4.78 is 39.1. The number of nitrogens with zero attached hydrogens (tertiary/aromatic N) is 1. The molecule has 16 heavy (non-hydrogen) atoms. The largest absolute Gasteiger partial charge is 0.573 e. The minimum absolute atomic E-state index is 0.226. The monoisotopic (exact) mass is 234 g/mol. The minimum atomic E-state index is -4.70. The molecule has 0 saturated heterocycles. The van der Waals surface area contributed by atoms with Crippen LogP contribution < -0.4 is 10.2 Å². The standard InChI is InChI=1S/C9H9F3N2O2/c1-6(14-15)13-7-2-4-8(5-3-7)16-9(10,11)12/h2-5,15H,1H3,(H,13,14). The zero-order chi connectivity index (χ0) is 12.2. The molecular formula is C9H9F3N2O2. The van der Waals surface area contributed by atoms with Crippen LogP contribution in [0.2, 0.25) is 0 Å². The van der Waals surface area contributed by atoms with E-state index in [4.69, 9.17) is 5.21 Å². The number of amidine groups is 1. The first-order valence-corrected chi connectivity index (χ1v) is 4.22. The molecule has 0 aromatic heterocycles. The molecule has 0 saturated carbocycles. The van der Waals surface area contributed by atoms with Crippen molar-refractivity contribution >= 4 is 11.5 Å². The van der Waals surface area contributed by atoms with Gasteiger partial charge < -0.3 is 4.74 Å². The molecule has 0 heterocycles. The quantitative estimate of drug-likeness (QED) is 0.470. The van der Waals surface area contributed by atoms with Crippen molar-refractivity contribution in [1.82, 2.24) is 5.48 Å². The summed E-state index contributed by atoms with van der Waals surface area (Å²) in [5.74, 6) is -0.0921. The van der Waals surface area contributed by atoms with Crippen molar-refractivity contribution in [3.8, 4) is 5.75 Å². The highest BCUT2D eigenvalue weighted by molar-refractivity contribution is 5.81. The van der Waals surface area contributed by atoms with Crippen LogP contribution in [0, 0.1) is 0 Å². The van der Waals surface area contributed by atoms with Gasteiger partial charge in [0.25, 0.3) is 0 Å². The molecule has 0 amide bonds. The molecule has 1 aromatic carbocycles. The molecule has 1 rings (SSSR count). The van der Waals surface area contributed by atoms with E-state index in [9.17, 15) is 13.2 Å².